The fourth-order valence-electron chi connectivity index (χ4n) is 2.64. The predicted molar refractivity (Wildman–Crippen MR) is 126 cm³/mol. The van der Waals surface area contributed by atoms with Gasteiger partial charge < -0.3 is 14.2 Å². The Labute approximate surface area is 191 Å². The molecular weight excluding hydrogens is 584 g/mol. The highest BCUT2D eigenvalue weighted by Gasteiger charge is 2.24. The number of aryl methyl sites for hydroxylation is 1. The van der Waals surface area contributed by atoms with Gasteiger partial charge >= 0.3 is 5.97 Å². The Balaban J connectivity index is 1.94. The molecule has 0 N–H and O–H groups in total. The summed E-state index contributed by atoms with van der Waals surface area (Å²) >= 11 is 4.47. The normalized spacial score (nSPS) is 14.8. The molecule has 0 aromatic heterocycles. The van der Waals surface area contributed by atoms with Gasteiger partial charge in [0.2, 0.25) is 5.90 Å². The number of ether oxygens (including phenoxy) is 3. The van der Waals surface area contributed by atoms with Gasteiger partial charge in [0.25, 0.3) is 0 Å². The van der Waals surface area contributed by atoms with Crippen molar-refractivity contribution in [1.82, 2.24) is 0 Å². The number of nitrogens with zero attached hydrogens (tertiary/aromatic N) is 1. The Morgan fingerprint density at radius 2 is 1.96 bits per heavy atom. The summed E-state index contributed by atoms with van der Waals surface area (Å²) in [5, 5.41) is 0. The Morgan fingerprint density at radius 3 is 2.64 bits per heavy atom. The molecule has 1 aliphatic rings. The van der Waals surface area contributed by atoms with Crippen molar-refractivity contribution in [3.63, 3.8) is 0 Å². The van der Waals surface area contributed by atoms with Gasteiger partial charge in [-0.15, -0.1) is 0 Å². The lowest BCUT2D eigenvalue weighted by Crippen LogP contribution is -2.05. The minimum Gasteiger partial charge on any atom is -0.493 e. The van der Waals surface area contributed by atoms with Crippen molar-refractivity contribution in [2.75, 3.05) is 13.7 Å². The molecule has 2 aromatic carbocycles. The first-order valence-electron chi connectivity index (χ1n) is 8.72. The second-order valence-electron chi connectivity index (χ2n) is 6.18. The number of hydrogen-bond acceptors (Lipinski definition) is 5. The maximum Gasteiger partial charge on any atom is 0.363 e. The van der Waals surface area contributed by atoms with Crippen LogP contribution in [0.2, 0.25) is 0 Å². The van der Waals surface area contributed by atoms with E-state index in [0.29, 0.717) is 24.0 Å². The topological polar surface area (TPSA) is 57.1 Å². The number of methoxy groups -OCH3 is 1. The van der Waals surface area contributed by atoms with Crippen molar-refractivity contribution in [1.29, 1.82) is 0 Å². The van der Waals surface area contributed by atoms with Crippen LogP contribution in [0.3, 0.4) is 0 Å². The Morgan fingerprint density at radius 1 is 1.18 bits per heavy atom. The fraction of sp³-hybridized carbons (Fsp3) is 0.238. The molecule has 3 rings (SSSR count). The smallest absolute Gasteiger partial charge is 0.363 e. The molecule has 0 amide bonds. The highest BCUT2D eigenvalue weighted by atomic mass is 127. The number of carbonyl (C=O) groups is 1. The molecule has 0 unspecified atom stereocenters. The van der Waals surface area contributed by atoms with Crippen molar-refractivity contribution < 1.29 is 19.0 Å². The zero-order valence-electron chi connectivity index (χ0n) is 15.7. The quantitative estimate of drug-likeness (QED) is 0.254. The van der Waals surface area contributed by atoms with Crippen LogP contribution in [-0.4, -0.2) is 25.6 Å². The maximum absolute atomic E-state index is 12.3. The number of rotatable bonds is 6. The molecule has 5 nitrogen and oxygen atoms in total. The molecule has 0 atom stereocenters. The molecule has 0 saturated heterocycles. The summed E-state index contributed by atoms with van der Waals surface area (Å²) in [5.74, 6) is 1.18. The van der Waals surface area contributed by atoms with Crippen LogP contribution >= 0.6 is 45.2 Å². The largest absolute Gasteiger partial charge is 0.493 e. The van der Waals surface area contributed by atoms with Crippen LogP contribution in [0.1, 0.15) is 30.0 Å². The molecule has 1 heterocycles. The number of hydrogen-bond donors (Lipinski definition) is 0. The molecule has 0 bridgehead atoms. The van der Waals surface area contributed by atoms with Gasteiger partial charge in [-0.3, -0.25) is 0 Å². The number of aliphatic imine (C=N–C) groups is 1. The van der Waals surface area contributed by atoms with E-state index < -0.39 is 5.97 Å². The minimum atomic E-state index is -0.466. The first kappa shape index (κ1) is 21.1. The van der Waals surface area contributed by atoms with Gasteiger partial charge in [0.15, 0.2) is 17.2 Å². The Bertz CT molecular complexity index is 983. The number of carbonyl (C=O) groups excluding carboxylic acids is 1. The van der Waals surface area contributed by atoms with Crippen molar-refractivity contribution >= 4 is 63.1 Å². The summed E-state index contributed by atoms with van der Waals surface area (Å²) < 4.78 is 18.7. The standard InChI is InChI=1S/C21H19I2NO4/c1-4-7-27-19-16(23)9-13(11-18(19)26-3)10-17-21(25)28-20(24-17)14-5-6-15(22)12(2)8-14/h5-6,8-11H,4,7H2,1-3H3/b17-10-. The second-order valence-corrected chi connectivity index (χ2v) is 8.51. The Kier molecular flexibility index (Phi) is 6.97. The average molecular weight is 603 g/mol. The molecular formula is C21H19I2NO4. The van der Waals surface area contributed by atoms with E-state index in [1.54, 1.807) is 13.2 Å². The van der Waals surface area contributed by atoms with Gasteiger partial charge in [-0.25, -0.2) is 9.79 Å². The van der Waals surface area contributed by atoms with Crippen LogP contribution in [0.15, 0.2) is 41.0 Å². The summed E-state index contributed by atoms with van der Waals surface area (Å²) in [7, 11) is 1.60. The van der Waals surface area contributed by atoms with Crippen molar-refractivity contribution in [3.8, 4) is 11.5 Å². The SMILES string of the molecule is CCCOc1c(I)cc(/C=C2\N=C(c3ccc(I)c(C)c3)OC2=O)cc1OC. The van der Waals surface area contributed by atoms with Crippen LogP contribution in [0.5, 0.6) is 11.5 Å². The molecule has 0 radical (unpaired) electrons. The van der Waals surface area contributed by atoms with Crippen LogP contribution in [-0.2, 0) is 9.53 Å². The monoisotopic (exact) mass is 603 g/mol. The van der Waals surface area contributed by atoms with E-state index in [9.17, 15) is 4.79 Å². The van der Waals surface area contributed by atoms with Crippen molar-refractivity contribution in [2.45, 2.75) is 20.3 Å². The second kappa shape index (κ2) is 9.25. The first-order chi connectivity index (χ1) is 13.4. The van der Waals surface area contributed by atoms with Gasteiger partial charge in [-0.2, -0.15) is 0 Å². The van der Waals surface area contributed by atoms with Crippen molar-refractivity contribution in [3.05, 3.63) is 59.9 Å². The first-order valence-corrected chi connectivity index (χ1v) is 10.9. The third-order valence-electron chi connectivity index (χ3n) is 4.03. The maximum atomic E-state index is 12.3. The fourth-order valence-corrected chi connectivity index (χ4v) is 3.75. The number of halogens is 2. The predicted octanol–water partition coefficient (Wildman–Crippen LogP) is 5.35. The third kappa shape index (κ3) is 4.68. The summed E-state index contributed by atoms with van der Waals surface area (Å²) in [6, 6.07) is 9.59. The summed E-state index contributed by atoms with van der Waals surface area (Å²) in [6.45, 7) is 4.67. The van der Waals surface area contributed by atoms with Gasteiger partial charge in [0.1, 0.15) is 0 Å². The molecule has 0 fully saturated rings. The molecule has 7 heteroatoms. The minimum absolute atomic E-state index is 0.256. The van der Waals surface area contributed by atoms with Crippen LogP contribution < -0.4 is 9.47 Å². The highest BCUT2D eigenvalue weighted by Crippen LogP contribution is 2.35. The van der Waals surface area contributed by atoms with Crippen LogP contribution in [0, 0.1) is 14.1 Å². The summed E-state index contributed by atoms with van der Waals surface area (Å²) in [5.41, 5.74) is 2.94. The number of esters is 1. The molecule has 1 aliphatic heterocycles. The third-order valence-corrected chi connectivity index (χ3v) is 6.04. The van der Waals surface area contributed by atoms with E-state index in [2.05, 4.69) is 57.1 Å². The van der Waals surface area contributed by atoms with E-state index in [-0.39, 0.29) is 5.70 Å². The zero-order valence-corrected chi connectivity index (χ0v) is 20.0. The van der Waals surface area contributed by atoms with Crippen LogP contribution in [0.4, 0.5) is 0 Å². The van der Waals surface area contributed by atoms with E-state index in [0.717, 1.165) is 30.3 Å². The van der Waals surface area contributed by atoms with Gasteiger partial charge in [0.05, 0.1) is 17.3 Å². The molecule has 0 saturated carbocycles. The molecule has 0 spiro atoms. The number of benzene rings is 2. The van der Waals surface area contributed by atoms with E-state index in [4.69, 9.17) is 14.2 Å². The molecule has 0 aliphatic carbocycles. The lowest BCUT2D eigenvalue weighted by Gasteiger charge is -2.13. The average Bonchev–Trinajstić information content (AvgIpc) is 3.03. The van der Waals surface area contributed by atoms with E-state index >= 15 is 0 Å². The van der Waals surface area contributed by atoms with Gasteiger partial charge in [-0.05, 0) is 106 Å². The van der Waals surface area contributed by atoms with Crippen molar-refractivity contribution in [2.24, 2.45) is 4.99 Å². The zero-order chi connectivity index (χ0) is 20.3. The van der Waals surface area contributed by atoms with Gasteiger partial charge in [0, 0.05) is 9.13 Å². The summed E-state index contributed by atoms with van der Waals surface area (Å²) in [6.07, 6.45) is 2.61. The molecule has 146 valence electrons. The lowest BCUT2D eigenvalue weighted by atomic mass is 10.1. The summed E-state index contributed by atoms with van der Waals surface area (Å²) in [4.78, 5) is 16.7. The van der Waals surface area contributed by atoms with E-state index in [1.165, 1.54) is 0 Å². The highest BCUT2D eigenvalue weighted by molar-refractivity contribution is 14.1. The molecule has 28 heavy (non-hydrogen) atoms. The number of cyclic esters (lactones) is 1. The molecule has 2 aromatic rings. The van der Waals surface area contributed by atoms with Gasteiger partial charge in [-0.1, -0.05) is 6.92 Å². The Hall–Kier alpha value is -1.62. The lowest BCUT2D eigenvalue weighted by molar-refractivity contribution is -0.129. The van der Waals surface area contributed by atoms with Crippen LogP contribution in [0.25, 0.3) is 6.08 Å². The van der Waals surface area contributed by atoms with E-state index in [1.807, 2.05) is 37.3 Å².